The Morgan fingerprint density at radius 2 is 1.95 bits per heavy atom. The Morgan fingerprint density at radius 1 is 1.20 bits per heavy atom. The maximum atomic E-state index is 13.8. The van der Waals surface area contributed by atoms with Crippen LogP contribution in [-0.4, -0.2) is 0 Å². The minimum absolute atomic E-state index is 0.302. The van der Waals surface area contributed by atoms with E-state index in [9.17, 15) is 4.39 Å². The molecule has 0 fully saturated rings. The Kier molecular flexibility index (Phi) is 5.41. The molecule has 2 aromatic carbocycles. The van der Waals surface area contributed by atoms with Crippen LogP contribution in [0.2, 0.25) is 10.0 Å². The molecule has 2 aromatic rings. The molecule has 1 atom stereocenters. The zero-order chi connectivity index (χ0) is 14.7. The third-order valence-electron chi connectivity index (χ3n) is 2.97. The maximum absolute atomic E-state index is 13.8. The monoisotopic (exact) mass is 376 g/mol. The van der Waals surface area contributed by atoms with Gasteiger partial charge in [0.1, 0.15) is 5.82 Å². The third-order valence-corrected chi connectivity index (χ3v) is 4.03. The fraction of sp³-hybridized carbons (Fsp3) is 0.143. The van der Waals surface area contributed by atoms with Crippen molar-refractivity contribution in [1.29, 1.82) is 0 Å². The molecule has 0 heterocycles. The smallest absolute Gasteiger partial charge is 0.126 e. The molecule has 20 heavy (non-hydrogen) atoms. The first kappa shape index (κ1) is 15.7. The van der Waals surface area contributed by atoms with E-state index in [2.05, 4.69) is 21.4 Å². The van der Waals surface area contributed by atoms with Crippen molar-refractivity contribution in [2.75, 3.05) is 0 Å². The molecule has 3 N–H and O–H groups in total. The number of rotatable bonds is 4. The van der Waals surface area contributed by atoms with Gasteiger partial charge in [-0.2, -0.15) is 0 Å². The van der Waals surface area contributed by atoms with Crippen molar-refractivity contribution in [3.8, 4) is 0 Å². The molecule has 0 aliphatic rings. The molecular formula is C14H12BrCl2FN2. The normalized spacial score (nSPS) is 12.4. The van der Waals surface area contributed by atoms with Crippen LogP contribution in [0.3, 0.4) is 0 Å². The minimum Gasteiger partial charge on any atom is -0.271 e. The van der Waals surface area contributed by atoms with Crippen LogP contribution in [0, 0.1) is 5.82 Å². The van der Waals surface area contributed by atoms with E-state index in [4.69, 9.17) is 29.0 Å². The molecule has 0 aliphatic carbocycles. The van der Waals surface area contributed by atoms with E-state index in [-0.39, 0.29) is 11.9 Å². The van der Waals surface area contributed by atoms with Crippen molar-refractivity contribution in [3.05, 3.63) is 67.9 Å². The van der Waals surface area contributed by atoms with E-state index in [0.717, 1.165) is 10.0 Å². The Hall–Kier alpha value is -0.650. The van der Waals surface area contributed by atoms with Gasteiger partial charge in [0.25, 0.3) is 0 Å². The van der Waals surface area contributed by atoms with Crippen LogP contribution in [0.5, 0.6) is 0 Å². The van der Waals surface area contributed by atoms with Crippen LogP contribution in [0.25, 0.3) is 0 Å². The van der Waals surface area contributed by atoms with Gasteiger partial charge in [0.05, 0.1) is 6.04 Å². The van der Waals surface area contributed by atoms with Crippen LogP contribution in [0.15, 0.2) is 40.9 Å². The fourth-order valence-corrected chi connectivity index (χ4v) is 2.96. The van der Waals surface area contributed by atoms with Crippen LogP contribution < -0.4 is 11.3 Å². The van der Waals surface area contributed by atoms with Gasteiger partial charge in [0, 0.05) is 14.5 Å². The first-order valence-corrected chi connectivity index (χ1v) is 7.41. The van der Waals surface area contributed by atoms with Gasteiger partial charge >= 0.3 is 0 Å². The van der Waals surface area contributed by atoms with E-state index in [1.807, 2.05) is 12.1 Å². The van der Waals surface area contributed by atoms with Crippen LogP contribution in [-0.2, 0) is 6.42 Å². The molecule has 2 nitrogen and oxygen atoms in total. The zero-order valence-electron chi connectivity index (χ0n) is 10.3. The van der Waals surface area contributed by atoms with Crippen molar-refractivity contribution < 1.29 is 4.39 Å². The predicted molar refractivity (Wildman–Crippen MR) is 84.3 cm³/mol. The summed E-state index contributed by atoms with van der Waals surface area (Å²) in [6.45, 7) is 0. The zero-order valence-corrected chi connectivity index (χ0v) is 13.4. The van der Waals surface area contributed by atoms with E-state index < -0.39 is 0 Å². The quantitative estimate of drug-likeness (QED) is 0.601. The van der Waals surface area contributed by atoms with Gasteiger partial charge in [-0.1, -0.05) is 45.2 Å². The number of hydrazine groups is 1. The van der Waals surface area contributed by atoms with E-state index >= 15 is 0 Å². The summed E-state index contributed by atoms with van der Waals surface area (Å²) in [6, 6.07) is 9.62. The van der Waals surface area contributed by atoms with Gasteiger partial charge in [0.2, 0.25) is 0 Å². The van der Waals surface area contributed by atoms with Gasteiger partial charge in [-0.15, -0.1) is 0 Å². The van der Waals surface area contributed by atoms with Gasteiger partial charge in [-0.3, -0.25) is 11.3 Å². The summed E-state index contributed by atoms with van der Waals surface area (Å²) in [4.78, 5) is 0. The van der Waals surface area contributed by atoms with Crippen LogP contribution in [0.4, 0.5) is 4.39 Å². The summed E-state index contributed by atoms with van der Waals surface area (Å²) in [7, 11) is 0. The van der Waals surface area contributed by atoms with E-state index in [1.54, 1.807) is 12.1 Å². The molecule has 0 amide bonds. The molecule has 0 saturated carbocycles. The average Bonchev–Trinajstić information content (AvgIpc) is 2.40. The highest BCUT2D eigenvalue weighted by atomic mass is 79.9. The molecule has 1 unspecified atom stereocenters. The van der Waals surface area contributed by atoms with E-state index in [1.165, 1.54) is 12.1 Å². The number of hydrogen-bond donors (Lipinski definition) is 2. The molecule has 6 heteroatoms. The highest BCUT2D eigenvalue weighted by molar-refractivity contribution is 9.10. The lowest BCUT2D eigenvalue weighted by Crippen LogP contribution is -2.30. The first-order chi connectivity index (χ1) is 9.51. The molecule has 106 valence electrons. The minimum atomic E-state index is -0.317. The molecule has 0 aromatic heterocycles. The molecule has 0 radical (unpaired) electrons. The highest BCUT2D eigenvalue weighted by Gasteiger charge is 2.16. The largest absolute Gasteiger partial charge is 0.271 e. The second-order valence-corrected chi connectivity index (χ2v) is 6.08. The summed E-state index contributed by atoms with van der Waals surface area (Å²) in [6.07, 6.45) is 0.351. The van der Waals surface area contributed by atoms with Crippen molar-refractivity contribution in [3.63, 3.8) is 0 Å². The Labute approximate surface area is 135 Å². The van der Waals surface area contributed by atoms with Gasteiger partial charge < -0.3 is 0 Å². The summed E-state index contributed by atoms with van der Waals surface area (Å²) < 4.78 is 14.7. The summed E-state index contributed by atoms with van der Waals surface area (Å²) in [5, 5.41) is 1.05. The number of nitrogens with two attached hydrogens (primary N) is 1. The maximum Gasteiger partial charge on any atom is 0.126 e. The number of halogens is 4. The lowest BCUT2D eigenvalue weighted by molar-refractivity contribution is 0.529. The standard InChI is InChI=1S/C14H12BrCl2FN2/c15-9-1-3-11(12(17)7-9)14(20-19)6-8-5-10(16)2-4-13(8)18/h1-5,7,14,20H,6,19H2. The van der Waals surface area contributed by atoms with Crippen LogP contribution >= 0.6 is 39.1 Å². The Morgan fingerprint density at radius 3 is 2.60 bits per heavy atom. The summed E-state index contributed by atoms with van der Waals surface area (Å²) >= 11 is 15.4. The molecule has 0 saturated heterocycles. The topological polar surface area (TPSA) is 38.0 Å². The molecule has 0 bridgehead atoms. The molecule has 0 spiro atoms. The number of hydrogen-bond acceptors (Lipinski definition) is 2. The SMILES string of the molecule is NNC(Cc1cc(Cl)ccc1F)c1ccc(Br)cc1Cl. The third kappa shape index (κ3) is 3.71. The molecule has 2 rings (SSSR count). The van der Waals surface area contributed by atoms with Gasteiger partial charge in [-0.05, 0) is 47.9 Å². The van der Waals surface area contributed by atoms with Crippen molar-refractivity contribution in [2.45, 2.75) is 12.5 Å². The Bertz CT molecular complexity index is 622. The second-order valence-electron chi connectivity index (χ2n) is 4.32. The van der Waals surface area contributed by atoms with Gasteiger partial charge in [0.15, 0.2) is 0 Å². The molecule has 0 aliphatic heterocycles. The highest BCUT2D eigenvalue weighted by Crippen LogP contribution is 2.29. The molecular weight excluding hydrogens is 366 g/mol. The summed E-state index contributed by atoms with van der Waals surface area (Å²) in [5.74, 6) is 5.26. The fourth-order valence-electron chi connectivity index (χ4n) is 1.96. The van der Waals surface area contributed by atoms with E-state index in [0.29, 0.717) is 22.0 Å². The van der Waals surface area contributed by atoms with Crippen molar-refractivity contribution in [1.82, 2.24) is 5.43 Å². The number of benzene rings is 2. The van der Waals surface area contributed by atoms with Gasteiger partial charge in [-0.25, -0.2) is 4.39 Å². The average molecular weight is 378 g/mol. The lowest BCUT2D eigenvalue weighted by atomic mass is 9.99. The first-order valence-electron chi connectivity index (χ1n) is 5.86. The Balaban J connectivity index is 2.31. The predicted octanol–water partition coefficient (Wildman–Crippen LogP) is 4.64. The van der Waals surface area contributed by atoms with Crippen molar-refractivity contribution >= 4 is 39.1 Å². The lowest BCUT2D eigenvalue weighted by Gasteiger charge is -2.18. The van der Waals surface area contributed by atoms with Crippen molar-refractivity contribution in [2.24, 2.45) is 5.84 Å². The second kappa shape index (κ2) is 6.87. The number of nitrogens with one attached hydrogen (secondary N) is 1. The van der Waals surface area contributed by atoms with Crippen LogP contribution in [0.1, 0.15) is 17.2 Å². The summed E-state index contributed by atoms with van der Waals surface area (Å²) in [5.41, 5.74) is 3.95.